The number of hydrogen-bond donors (Lipinski definition) is 1. The van der Waals surface area contributed by atoms with Gasteiger partial charge in [-0.2, -0.15) is 5.10 Å². The van der Waals surface area contributed by atoms with Gasteiger partial charge >= 0.3 is 0 Å². The topological polar surface area (TPSA) is 29.9 Å². The van der Waals surface area contributed by atoms with Crippen LogP contribution in [0.4, 0.5) is 0 Å². The van der Waals surface area contributed by atoms with E-state index >= 15 is 0 Å². The summed E-state index contributed by atoms with van der Waals surface area (Å²) in [6.07, 6.45) is 10.0. The van der Waals surface area contributed by atoms with Crippen molar-refractivity contribution >= 4 is 11.6 Å². The third-order valence-corrected chi connectivity index (χ3v) is 2.85. The number of nitrogens with zero attached hydrogens (tertiary/aromatic N) is 2. The van der Waals surface area contributed by atoms with Gasteiger partial charge in [0, 0.05) is 19.1 Å². The van der Waals surface area contributed by atoms with E-state index in [9.17, 15) is 0 Å². The molecule has 0 aliphatic rings. The summed E-state index contributed by atoms with van der Waals surface area (Å²) < 4.78 is 1.85. The minimum atomic E-state index is 0.800. The van der Waals surface area contributed by atoms with Crippen LogP contribution in [0.3, 0.4) is 0 Å². The molecule has 92 valence electrons. The Balaban J connectivity index is 1.88. The first-order valence-corrected chi connectivity index (χ1v) is 6.60. The van der Waals surface area contributed by atoms with Gasteiger partial charge in [0.1, 0.15) is 0 Å². The fourth-order valence-electron chi connectivity index (χ4n) is 1.66. The molecule has 0 fully saturated rings. The van der Waals surface area contributed by atoms with Crippen molar-refractivity contribution in [2.24, 2.45) is 7.05 Å². The highest BCUT2D eigenvalue weighted by atomic mass is 35.5. The predicted octanol–water partition coefficient (Wildman–Crippen LogP) is 2.35. The van der Waals surface area contributed by atoms with Crippen molar-refractivity contribution in [3.05, 3.63) is 18.0 Å². The molecule has 0 radical (unpaired) electrons. The number of alkyl halides is 1. The highest BCUT2D eigenvalue weighted by Crippen LogP contribution is 2.00. The van der Waals surface area contributed by atoms with Crippen molar-refractivity contribution in [3.8, 4) is 0 Å². The van der Waals surface area contributed by atoms with E-state index in [1.165, 1.54) is 24.8 Å². The normalized spacial score (nSPS) is 10.9. The molecule has 0 saturated carbocycles. The molecule has 0 bridgehead atoms. The molecule has 0 saturated heterocycles. The van der Waals surface area contributed by atoms with E-state index in [2.05, 4.69) is 16.6 Å². The molecular formula is C12H22ClN3. The number of hydrogen-bond acceptors (Lipinski definition) is 2. The summed E-state index contributed by atoms with van der Waals surface area (Å²) in [5, 5.41) is 7.59. The highest BCUT2D eigenvalue weighted by Gasteiger charge is 1.95. The molecule has 1 heterocycles. The lowest BCUT2D eigenvalue weighted by atomic mass is 10.2. The Morgan fingerprint density at radius 3 is 2.75 bits per heavy atom. The van der Waals surface area contributed by atoms with Gasteiger partial charge in [-0.05, 0) is 37.9 Å². The van der Waals surface area contributed by atoms with Crippen LogP contribution in [0.25, 0.3) is 0 Å². The van der Waals surface area contributed by atoms with Gasteiger partial charge in [0.05, 0.1) is 6.20 Å². The summed E-state index contributed by atoms with van der Waals surface area (Å²) in [6, 6.07) is 0. The summed E-state index contributed by atoms with van der Waals surface area (Å²) in [5.41, 5.74) is 1.30. The van der Waals surface area contributed by atoms with Crippen LogP contribution in [-0.4, -0.2) is 28.8 Å². The monoisotopic (exact) mass is 243 g/mol. The fourth-order valence-corrected chi connectivity index (χ4v) is 1.85. The van der Waals surface area contributed by atoms with E-state index in [0.29, 0.717) is 0 Å². The van der Waals surface area contributed by atoms with Gasteiger partial charge in [-0.15, -0.1) is 11.6 Å². The second-order valence-electron chi connectivity index (χ2n) is 4.13. The Morgan fingerprint density at radius 1 is 1.25 bits per heavy atom. The Hall–Kier alpha value is -0.540. The zero-order chi connectivity index (χ0) is 11.6. The summed E-state index contributed by atoms with van der Waals surface area (Å²) >= 11 is 5.61. The molecule has 0 unspecified atom stereocenters. The van der Waals surface area contributed by atoms with E-state index in [1.807, 2.05) is 17.9 Å². The van der Waals surface area contributed by atoms with Gasteiger partial charge in [0.2, 0.25) is 0 Å². The smallest absolute Gasteiger partial charge is 0.0522 e. The van der Waals surface area contributed by atoms with Crippen molar-refractivity contribution in [2.45, 2.75) is 32.1 Å². The molecule has 0 amide bonds. The lowest BCUT2D eigenvalue weighted by Gasteiger charge is -2.03. The minimum absolute atomic E-state index is 0.800. The highest BCUT2D eigenvalue weighted by molar-refractivity contribution is 6.17. The molecule has 3 nitrogen and oxygen atoms in total. The fraction of sp³-hybridized carbons (Fsp3) is 0.750. The average Bonchev–Trinajstić information content (AvgIpc) is 2.68. The molecule has 16 heavy (non-hydrogen) atoms. The average molecular weight is 244 g/mol. The van der Waals surface area contributed by atoms with Crippen LogP contribution in [0.1, 0.15) is 31.2 Å². The Bertz CT molecular complexity index is 273. The van der Waals surface area contributed by atoms with Crippen molar-refractivity contribution in [2.75, 3.05) is 19.0 Å². The second-order valence-corrected chi connectivity index (χ2v) is 4.50. The molecule has 1 aromatic heterocycles. The molecule has 1 rings (SSSR count). The minimum Gasteiger partial charge on any atom is -0.316 e. The van der Waals surface area contributed by atoms with Crippen LogP contribution in [-0.2, 0) is 13.5 Å². The van der Waals surface area contributed by atoms with Gasteiger partial charge in [-0.3, -0.25) is 4.68 Å². The number of aryl methyl sites for hydroxylation is 1. The third kappa shape index (κ3) is 6.13. The van der Waals surface area contributed by atoms with Gasteiger partial charge < -0.3 is 5.32 Å². The number of halogens is 1. The van der Waals surface area contributed by atoms with Crippen LogP contribution in [0.15, 0.2) is 12.4 Å². The quantitative estimate of drug-likeness (QED) is 0.533. The lowest BCUT2D eigenvalue weighted by molar-refractivity contribution is 0.599. The Kier molecular flexibility index (Phi) is 7.26. The summed E-state index contributed by atoms with van der Waals surface area (Å²) in [7, 11) is 1.95. The maximum atomic E-state index is 5.61. The Labute approximate surface area is 103 Å². The SMILES string of the molecule is Cn1cc(CCNCCCCCCCl)cn1. The van der Waals surface area contributed by atoms with Crippen LogP contribution >= 0.6 is 11.6 Å². The van der Waals surface area contributed by atoms with Gasteiger partial charge in [0.25, 0.3) is 0 Å². The van der Waals surface area contributed by atoms with Crippen LogP contribution in [0.2, 0.25) is 0 Å². The van der Waals surface area contributed by atoms with Crippen LogP contribution < -0.4 is 5.32 Å². The summed E-state index contributed by atoms with van der Waals surface area (Å²) in [4.78, 5) is 0. The molecule has 0 aliphatic heterocycles. The Morgan fingerprint density at radius 2 is 2.06 bits per heavy atom. The maximum absolute atomic E-state index is 5.61. The molecule has 1 aromatic rings. The maximum Gasteiger partial charge on any atom is 0.0522 e. The molecule has 0 aromatic carbocycles. The second kappa shape index (κ2) is 8.59. The third-order valence-electron chi connectivity index (χ3n) is 2.59. The van der Waals surface area contributed by atoms with Crippen molar-refractivity contribution in [1.29, 1.82) is 0 Å². The molecule has 4 heteroatoms. The molecule has 1 N–H and O–H groups in total. The first-order chi connectivity index (χ1) is 7.83. The first kappa shape index (κ1) is 13.5. The van der Waals surface area contributed by atoms with Gasteiger partial charge in [-0.1, -0.05) is 12.8 Å². The van der Waals surface area contributed by atoms with Gasteiger partial charge in [0.15, 0.2) is 0 Å². The van der Waals surface area contributed by atoms with Crippen molar-refractivity contribution in [3.63, 3.8) is 0 Å². The lowest BCUT2D eigenvalue weighted by Crippen LogP contribution is -2.18. The zero-order valence-electron chi connectivity index (χ0n) is 10.1. The van der Waals surface area contributed by atoms with Crippen molar-refractivity contribution in [1.82, 2.24) is 15.1 Å². The first-order valence-electron chi connectivity index (χ1n) is 6.07. The largest absolute Gasteiger partial charge is 0.316 e. The summed E-state index contributed by atoms with van der Waals surface area (Å²) in [5.74, 6) is 0.800. The summed E-state index contributed by atoms with van der Waals surface area (Å²) in [6.45, 7) is 2.16. The van der Waals surface area contributed by atoms with E-state index in [1.54, 1.807) is 0 Å². The standard InChI is InChI=1S/C12H22ClN3/c1-16-11-12(10-15-16)6-9-14-8-5-3-2-4-7-13/h10-11,14H,2-9H2,1H3. The molecule has 0 aliphatic carbocycles. The van der Waals surface area contributed by atoms with Crippen LogP contribution in [0, 0.1) is 0 Å². The van der Waals surface area contributed by atoms with E-state index in [0.717, 1.165) is 31.8 Å². The number of rotatable bonds is 9. The molecular weight excluding hydrogens is 222 g/mol. The van der Waals surface area contributed by atoms with E-state index in [4.69, 9.17) is 11.6 Å². The van der Waals surface area contributed by atoms with E-state index in [-0.39, 0.29) is 0 Å². The van der Waals surface area contributed by atoms with Crippen LogP contribution in [0.5, 0.6) is 0 Å². The van der Waals surface area contributed by atoms with E-state index < -0.39 is 0 Å². The van der Waals surface area contributed by atoms with Gasteiger partial charge in [-0.25, -0.2) is 0 Å². The number of unbranched alkanes of at least 4 members (excludes halogenated alkanes) is 3. The number of aromatic nitrogens is 2. The zero-order valence-corrected chi connectivity index (χ0v) is 10.8. The molecule has 0 atom stereocenters. The van der Waals surface area contributed by atoms with Crippen molar-refractivity contribution < 1.29 is 0 Å². The number of nitrogens with one attached hydrogen (secondary N) is 1. The predicted molar refractivity (Wildman–Crippen MR) is 69.0 cm³/mol. The molecule has 0 spiro atoms.